The summed E-state index contributed by atoms with van der Waals surface area (Å²) in [5.41, 5.74) is 1.90. The molecule has 24 heavy (non-hydrogen) atoms. The number of benzene rings is 1. The van der Waals surface area contributed by atoms with E-state index in [0.717, 1.165) is 11.1 Å². The number of halogens is 1. The number of carbonyl (C=O) groups excluding carboxylic acids is 1. The van der Waals surface area contributed by atoms with Gasteiger partial charge in [-0.1, -0.05) is 6.07 Å². The number of sulfone groups is 1. The zero-order valence-corrected chi connectivity index (χ0v) is 15.2. The summed E-state index contributed by atoms with van der Waals surface area (Å²) in [6.07, 6.45) is 1.55. The van der Waals surface area contributed by atoms with Crippen molar-refractivity contribution in [3.05, 3.63) is 53.5 Å². The first-order valence-corrected chi connectivity index (χ1v) is 9.61. The third-order valence-corrected chi connectivity index (χ3v) is 6.10. The molecule has 2 aromatic rings. The highest BCUT2D eigenvalue weighted by atomic mass is 35.5. The molecule has 0 aliphatic rings. The van der Waals surface area contributed by atoms with Crippen molar-refractivity contribution in [2.45, 2.75) is 30.4 Å². The number of carbonyl (C=O) groups is 1. The lowest BCUT2D eigenvalue weighted by atomic mass is 10.1. The van der Waals surface area contributed by atoms with Crippen LogP contribution in [0.25, 0.3) is 0 Å². The van der Waals surface area contributed by atoms with Gasteiger partial charge in [-0.25, -0.2) is 8.42 Å². The molecule has 0 saturated heterocycles. The van der Waals surface area contributed by atoms with Gasteiger partial charge in [-0.3, -0.25) is 4.79 Å². The molecule has 7 heteroatoms. The van der Waals surface area contributed by atoms with Crippen LogP contribution in [-0.2, 0) is 14.6 Å². The third kappa shape index (κ3) is 4.19. The van der Waals surface area contributed by atoms with Gasteiger partial charge in [0.25, 0.3) is 0 Å². The number of amides is 1. The van der Waals surface area contributed by atoms with E-state index in [4.69, 9.17) is 16.0 Å². The number of furan rings is 1. The summed E-state index contributed by atoms with van der Waals surface area (Å²) in [4.78, 5) is 11.9. The fraction of sp³-hybridized carbons (Fsp3) is 0.353. The second-order valence-electron chi connectivity index (χ2n) is 5.54. The first kappa shape index (κ1) is 18.5. The Morgan fingerprint density at radius 2 is 2.00 bits per heavy atom. The maximum atomic E-state index is 13.0. The van der Waals surface area contributed by atoms with Crippen LogP contribution in [0.4, 0.5) is 0 Å². The first-order valence-electron chi connectivity index (χ1n) is 7.53. The fourth-order valence-electron chi connectivity index (χ4n) is 2.27. The van der Waals surface area contributed by atoms with Gasteiger partial charge in [-0.2, -0.15) is 0 Å². The Balaban J connectivity index is 2.34. The molecule has 1 aromatic heterocycles. The summed E-state index contributed by atoms with van der Waals surface area (Å²) in [5.74, 6) is 0.178. The smallest absolute Gasteiger partial charge is 0.221 e. The Bertz CT molecular complexity index is 800. The summed E-state index contributed by atoms with van der Waals surface area (Å²) in [6.45, 7) is 3.71. The Hall–Kier alpha value is -1.79. The Labute approximate surface area is 146 Å². The number of hydrogen-bond acceptors (Lipinski definition) is 4. The molecular formula is C17H20ClNO4S. The van der Waals surface area contributed by atoms with Crippen molar-refractivity contribution in [3.8, 4) is 0 Å². The van der Waals surface area contributed by atoms with Gasteiger partial charge in [0.2, 0.25) is 5.91 Å². The highest BCUT2D eigenvalue weighted by molar-refractivity contribution is 7.91. The SMILES string of the molecule is Cc1ccc(S(=O)(=O)[C@@H](CNC(=O)CCCl)c2ccco2)cc1C. The standard InChI is InChI=1S/C17H20ClNO4S/c1-12-5-6-14(10-13(12)2)24(21,22)16(15-4-3-9-23-15)11-19-17(20)7-8-18/h3-6,9-10,16H,7-8,11H2,1-2H3,(H,19,20)/t16-/m0/s1. The summed E-state index contributed by atoms with van der Waals surface area (Å²) in [5, 5.41) is 1.62. The number of aryl methyl sites for hydroxylation is 2. The van der Waals surface area contributed by atoms with Crippen molar-refractivity contribution >= 4 is 27.3 Å². The van der Waals surface area contributed by atoms with Crippen LogP contribution < -0.4 is 5.32 Å². The molecule has 1 heterocycles. The van der Waals surface area contributed by atoms with Crippen molar-refractivity contribution < 1.29 is 17.6 Å². The molecule has 1 atom stereocenters. The molecule has 5 nitrogen and oxygen atoms in total. The Morgan fingerprint density at radius 1 is 1.25 bits per heavy atom. The summed E-state index contributed by atoms with van der Waals surface area (Å²) >= 11 is 5.53. The van der Waals surface area contributed by atoms with Gasteiger partial charge >= 0.3 is 0 Å². The molecule has 0 fully saturated rings. The van der Waals surface area contributed by atoms with E-state index in [2.05, 4.69) is 5.32 Å². The summed E-state index contributed by atoms with van der Waals surface area (Å²) < 4.78 is 31.3. The molecule has 2 rings (SSSR count). The normalized spacial score (nSPS) is 12.8. The second-order valence-corrected chi connectivity index (χ2v) is 8.05. The minimum atomic E-state index is -3.72. The minimum Gasteiger partial charge on any atom is -0.468 e. The molecule has 0 unspecified atom stereocenters. The second kappa shape index (κ2) is 7.85. The average molecular weight is 370 g/mol. The van der Waals surface area contributed by atoms with Crippen molar-refractivity contribution in [2.24, 2.45) is 0 Å². The van der Waals surface area contributed by atoms with Crippen LogP contribution in [-0.4, -0.2) is 26.7 Å². The summed E-state index contributed by atoms with van der Waals surface area (Å²) in [7, 11) is -3.72. The molecule has 0 aliphatic carbocycles. The molecular weight excluding hydrogens is 350 g/mol. The molecule has 0 spiro atoms. The van der Waals surface area contributed by atoms with Gasteiger partial charge in [-0.15, -0.1) is 11.6 Å². The van der Waals surface area contributed by atoms with E-state index in [0.29, 0.717) is 5.76 Å². The van der Waals surface area contributed by atoms with Crippen LogP contribution in [0, 0.1) is 13.8 Å². The highest BCUT2D eigenvalue weighted by Gasteiger charge is 2.32. The number of rotatable bonds is 7. The van der Waals surface area contributed by atoms with Crippen LogP contribution in [0.5, 0.6) is 0 Å². The van der Waals surface area contributed by atoms with Crippen LogP contribution in [0.15, 0.2) is 45.9 Å². The van der Waals surface area contributed by atoms with E-state index < -0.39 is 15.1 Å². The van der Waals surface area contributed by atoms with E-state index in [1.165, 1.54) is 6.26 Å². The van der Waals surface area contributed by atoms with Crippen molar-refractivity contribution in [2.75, 3.05) is 12.4 Å². The lowest BCUT2D eigenvalue weighted by Gasteiger charge is -2.17. The zero-order valence-electron chi connectivity index (χ0n) is 13.6. The Kier molecular flexibility index (Phi) is 6.07. The van der Waals surface area contributed by atoms with E-state index >= 15 is 0 Å². The van der Waals surface area contributed by atoms with Gasteiger partial charge in [0.15, 0.2) is 9.84 Å². The van der Waals surface area contributed by atoms with Gasteiger partial charge in [0.1, 0.15) is 11.0 Å². The largest absolute Gasteiger partial charge is 0.468 e. The molecule has 1 N–H and O–H groups in total. The van der Waals surface area contributed by atoms with E-state index in [1.807, 2.05) is 13.8 Å². The zero-order chi connectivity index (χ0) is 17.7. The topological polar surface area (TPSA) is 76.4 Å². The van der Waals surface area contributed by atoms with E-state index in [-0.39, 0.29) is 29.6 Å². The van der Waals surface area contributed by atoms with Gasteiger partial charge in [0.05, 0.1) is 11.2 Å². The van der Waals surface area contributed by atoms with Crippen LogP contribution in [0.1, 0.15) is 28.6 Å². The maximum Gasteiger partial charge on any atom is 0.221 e. The lowest BCUT2D eigenvalue weighted by molar-refractivity contribution is -0.120. The molecule has 1 aromatic carbocycles. The first-order chi connectivity index (χ1) is 11.4. The third-order valence-electron chi connectivity index (χ3n) is 3.85. The predicted octanol–water partition coefficient (Wildman–Crippen LogP) is 3.16. The monoisotopic (exact) mass is 369 g/mol. The highest BCUT2D eigenvalue weighted by Crippen LogP contribution is 2.30. The van der Waals surface area contributed by atoms with Crippen LogP contribution >= 0.6 is 11.6 Å². The van der Waals surface area contributed by atoms with E-state index in [1.54, 1.807) is 30.3 Å². The number of nitrogens with one attached hydrogen (secondary N) is 1. The lowest BCUT2D eigenvalue weighted by Crippen LogP contribution is -2.31. The quantitative estimate of drug-likeness (QED) is 0.760. The average Bonchev–Trinajstić information content (AvgIpc) is 3.04. The molecule has 130 valence electrons. The summed E-state index contributed by atoms with van der Waals surface area (Å²) in [6, 6.07) is 8.21. The van der Waals surface area contributed by atoms with Gasteiger partial charge < -0.3 is 9.73 Å². The molecule has 0 saturated carbocycles. The van der Waals surface area contributed by atoms with Crippen LogP contribution in [0.3, 0.4) is 0 Å². The van der Waals surface area contributed by atoms with Crippen molar-refractivity contribution in [3.63, 3.8) is 0 Å². The fourth-order valence-corrected chi connectivity index (χ4v) is 4.12. The Morgan fingerprint density at radius 3 is 2.58 bits per heavy atom. The van der Waals surface area contributed by atoms with Crippen molar-refractivity contribution in [1.82, 2.24) is 5.32 Å². The van der Waals surface area contributed by atoms with Gasteiger partial charge in [0, 0.05) is 18.8 Å². The van der Waals surface area contributed by atoms with E-state index in [9.17, 15) is 13.2 Å². The van der Waals surface area contributed by atoms with Crippen molar-refractivity contribution in [1.29, 1.82) is 0 Å². The minimum absolute atomic E-state index is 0.0709. The molecule has 0 radical (unpaired) electrons. The molecule has 0 bridgehead atoms. The molecule has 1 amide bonds. The van der Waals surface area contributed by atoms with Gasteiger partial charge in [-0.05, 0) is 49.2 Å². The number of hydrogen-bond donors (Lipinski definition) is 1. The maximum absolute atomic E-state index is 13.0. The predicted molar refractivity (Wildman–Crippen MR) is 92.9 cm³/mol. The number of alkyl halides is 1. The van der Waals surface area contributed by atoms with Crippen LogP contribution in [0.2, 0.25) is 0 Å². The molecule has 0 aliphatic heterocycles.